The average Bonchev–Trinajstić information content (AvgIpc) is 2.53. The fraction of sp³-hybridized carbons (Fsp3) is 0.333. The van der Waals surface area contributed by atoms with E-state index in [1.165, 1.54) is 11.1 Å². The maximum atomic E-state index is 10.3. The molecule has 0 amide bonds. The summed E-state index contributed by atoms with van der Waals surface area (Å²) >= 11 is 0. The van der Waals surface area contributed by atoms with E-state index in [1.807, 2.05) is 18.2 Å². The lowest BCUT2D eigenvalue weighted by atomic mass is 10.0. The zero-order valence-corrected chi connectivity index (χ0v) is 12.2. The van der Waals surface area contributed by atoms with Crippen LogP contribution in [-0.2, 0) is 6.42 Å². The van der Waals surface area contributed by atoms with E-state index in [0.29, 0.717) is 19.6 Å². The van der Waals surface area contributed by atoms with E-state index in [4.69, 9.17) is 9.47 Å². The second kappa shape index (κ2) is 6.19. The SMILES string of the molecule is Cc1ccc(CCC(O)c2ccc3c(c2)OCCO3)cc1. The van der Waals surface area contributed by atoms with Crippen molar-refractivity contribution in [1.29, 1.82) is 0 Å². The Bertz CT molecular complexity index is 604. The maximum absolute atomic E-state index is 10.3. The summed E-state index contributed by atoms with van der Waals surface area (Å²) in [5.41, 5.74) is 3.38. The first-order chi connectivity index (χ1) is 10.2. The van der Waals surface area contributed by atoms with Gasteiger partial charge in [0.1, 0.15) is 13.2 Å². The van der Waals surface area contributed by atoms with E-state index in [0.717, 1.165) is 23.5 Å². The van der Waals surface area contributed by atoms with Crippen molar-refractivity contribution in [2.45, 2.75) is 25.9 Å². The second-order valence-corrected chi connectivity index (χ2v) is 5.44. The number of hydrogen-bond donors (Lipinski definition) is 1. The van der Waals surface area contributed by atoms with Crippen LogP contribution in [0.2, 0.25) is 0 Å². The minimum Gasteiger partial charge on any atom is -0.486 e. The molecule has 1 aliphatic heterocycles. The number of aliphatic hydroxyl groups excluding tert-OH is 1. The molecule has 3 heteroatoms. The van der Waals surface area contributed by atoms with Crippen LogP contribution in [0.3, 0.4) is 0 Å². The molecule has 0 saturated heterocycles. The summed E-state index contributed by atoms with van der Waals surface area (Å²) in [5, 5.41) is 10.3. The molecule has 0 bridgehead atoms. The monoisotopic (exact) mass is 284 g/mol. The Kier molecular flexibility index (Phi) is 4.11. The van der Waals surface area contributed by atoms with E-state index in [1.54, 1.807) is 0 Å². The number of aliphatic hydroxyl groups is 1. The number of hydrogen-bond acceptors (Lipinski definition) is 3. The van der Waals surface area contributed by atoms with Gasteiger partial charge in [0.05, 0.1) is 6.10 Å². The van der Waals surface area contributed by atoms with E-state index >= 15 is 0 Å². The average molecular weight is 284 g/mol. The number of ether oxygens (including phenoxy) is 2. The molecule has 1 aliphatic rings. The molecule has 21 heavy (non-hydrogen) atoms. The minimum absolute atomic E-state index is 0.484. The molecule has 1 unspecified atom stereocenters. The highest BCUT2D eigenvalue weighted by Crippen LogP contribution is 2.33. The summed E-state index contributed by atoms with van der Waals surface area (Å²) in [6.45, 7) is 3.23. The van der Waals surface area contributed by atoms with Crippen molar-refractivity contribution in [1.82, 2.24) is 0 Å². The van der Waals surface area contributed by atoms with E-state index in [-0.39, 0.29) is 0 Å². The van der Waals surface area contributed by atoms with Crippen LogP contribution in [0.25, 0.3) is 0 Å². The van der Waals surface area contributed by atoms with Crippen LogP contribution in [0.5, 0.6) is 11.5 Å². The molecule has 0 saturated carbocycles. The lowest BCUT2D eigenvalue weighted by Crippen LogP contribution is -2.15. The predicted octanol–water partition coefficient (Wildman–Crippen LogP) is 3.43. The molecule has 0 radical (unpaired) electrons. The first kappa shape index (κ1) is 14.0. The Balaban J connectivity index is 1.65. The Labute approximate surface area is 125 Å². The fourth-order valence-electron chi connectivity index (χ4n) is 2.49. The number of rotatable bonds is 4. The summed E-state index contributed by atoms with van der Waals surface area (Å²) < 4.78 is 11.0. The standard InChI is InChI=1S/C18H20O3/c1-13-2-4-14(5-3-13)6-8-16(19)15-7-9-17-18(12-15)21-11-10-20-17/h2-5,7,9,12,16,19H,6,8,10-11H2,1H3. The van der Waals surface area contributed by atoms with Crippen molar-refractivity contribution >= 4 is 0 Å². The number of aryl methyl sites for hydroxylation is 2. The van der Waals surface area contributed by atoms with Crippen LogP contribution >= 0.6 is 0 Å². The molecule has 0 aromatic heterocycles. The lowest BCUT2D eigenvalue weighted by Gasteiger charge is -2.20. The molecule has 0 aliphatic carbocycles. The molecule has 0 fully saturated rings. The molecule has 3 nitrogen and oxygen atoms in total. The van der Waals surface area contributed by atoms with E-state index in [2.05, 4.69) is 31.2 Å². The lowest BCUT2D eigenvalue weighted by molar-refractivity contribution is 0.159. The Morgan fingerprint density at radius 1 is 1.00 bits per heavy atom. The summed E-state index contributed by atoms with van der Waals surface area (Å²) in [4.78, 5) is 0. The highest BCUT2D eigenvalue weighted by molar-refractivity contribution is 5.44. The van der Waals surface area contributed by atoms with Gasteiger partial charge in [-0.25, -0.2) is 0 Å². The molecule has 2 aromatic rings. The first-order valence-corrected chi connectivity index (χ1v) is 7.35. The van der Waals surface area contributed by atoms with Crippen molar-refractivity contribution in [3.05, 3.63) is 59.2 Å². The highest BCUT2D eigenvalue weighted by Gasteiger charge is 2.15. The Hall–Kier alpha value is -2.00. The van der Waals surface area contributed by atoms with Crippen molar-refractivity contribution in [2.75, 3.05) is 13.2 Å². The van der Waals surface area contributed by atoms with Crippen LogP contribution in [0.4, 0.5) is 0 Å². The van der Waals surface area contributed by atoms with Gasteiger partial charge in [-0.3, -0.25) is 0 Å². The third-order valence-electron chi connectivity index (χ3n) is 3.78. The zero-order chi connectivity index (χ0) is 14.7. The van der Waals surface area contributed by atoms with E-state index < -0.39 is 6.10 Å². The molecule has 1 atom stereocenters. The quantitative estimate of drug-likeness (QED) is 0.934. The summed E-state index contributed by atoms with van der Waals surface area (Å²) in [7, 11) is 0. The Morgan fingerprint density at radius 3 is 2.48 bits per heavy atom. The molecule has 1 N–H and O–H groups in total. The van der Waals surface area contributed by atoms with Crippen LogP contribution in [0, 0.1) is 6.92 Å². The van der Waals surface area contributed by atoms with Gasteiger partial charge in [0.15, 0.2) is 11.5 Å². The van der Waals surface area contributed by atoms with Crippen molar-refractivity contribution in [3.63, 3.8) is 0 Å². The molecule has 2 aromatic carbocycles. The minimum atomic E-state index is -0.484. The fourth-order valence-corrected chi connectivity index (χ4v) is 2.49. The van der Waals surface area contributed by atoms with Crippen LogP contribution < -0.4 is 9.47 Å². The van der Waals surface area contributed by atoms with Gasteiger partial charge in [-0.05, 0) is 43.0 Å². The maximum Gasteiger partial charge on any atom is 0.161 e. The van der Waals surface area contributed by atoms with E-state index in [9.17, 15) is 5.11 Å². The molecular formula is C18H20O3. The zero-order valence-electron chi connectivity index (χ0n) is 12.2. The highest BCUT2D eigenvalue weighted by atomic mass is 16.6. The molecule has 110 valence electrons. The third kappa shape index (κ3) is 3.37. The van der Waals surface area contributed by atoms with Gasteiger partial charge < -0.3 is 14.6 Å². The van der Waals surface area contributed by atoms with Gasteiger partial charge >= 0.3 is 0 Å². The largest absolute Gasteiger partial charge is 0.486 e. The molecule has 3 rings (SSSR count). The third-order valence-corrected chi connectivity index (χ3v) is 3.78. The van der Waals surface area contributed by atoms with Crippen LogP contribution in [0.1, 0.15) is 29.2 Å². The van der Waals surface area contributed by atoms with Crippen molar-refractivity contribution < 1.29 is 14.6 Å². The van der Waals surface area contributed by atoms with Gasteiger partial charge in [0, 0.05) is 0 Å². The Morgan fingerprint density at radius 2 is 1.71 bits per heavy atom. The van der Waals surface area contributed by atoms with Gasteiger partial charge in [-0.15, -0.1) is 0 Å². The smallest absolute Gasteiger partial charge is 0.161 e. The van der Waals surface area contributed by atoms with Crippen molar-refractivity contribution in [2.24, 2.45) is 0 Å². The number of fused-ring (bicyclic) bond motifs is 1. The molecule has 1 heterocycles. The normalized spacial score (nSPS) is 14.8. The van der Waals surface area contributed by atoms with Gasteiger partial charge in [0.25, 0.3) is 0 Å². The summed E-state index contributed by atoms with van der Waals surface area (Å²) in [6, 6.07) is 14.1. The second-order valence-electron chi connectivity index (χ2n) is 5.44. The van der Waals surface area contributed by atoms with Crippen molar-refractivity contribution in [3.8, 4) is 11.5 Å². The van der Waals surface area contributed by atoms with Crippen LogP contribution in [0.15, 0.2) is 42.5 Å². The topological polar surface area (TPSA) is 38.7 Å². The molecule has 0 spiro atoms. The number of benzene rings is 2. The predicted molar refractivity (Wildman–Crippen MR) is 81.9 cm³/mol. The summed E-state index contributed by atoms with van der Waals surface area (Å²) in [5.74, 6) is 1.49. The summed E-state index contributed by atoms with van der Waals surface area (Å²) in [6.07, 6.45) is 1.07. The molecular weight excluding hydrogens is 264 g/mol. The van der Waals surface area contributed by atoms with Gasteiger partial charge in [-0.1, -0.05) is 35.9 Å². The van der Waals surface area contributed by atoms with Crippen LogP contribution in [-0.4, -0.2) is 18.3 Å². The van der Waals surface area contributed by atoms with Gasteiger partial charge in [-0.2, -0.15) is 0 Å². The van der Waals surface area contributed by atoms with Gasteiger partial charge in [0.2, 0.25) is 0 Å². The first-order valence-electron chi connectivity index (χ1n) is 7.35.